The molecule has 262 valence electrons. The molecule has 0 saturated carbocycles. The highest BCUT2D eigenvalue weighted by Gasteiger charge is 2.20. The molecule has 0 spiro atoms. The van der Waals surface area contributed by atoms with Crippen molar-refractivity contribution < 1.29 is 0 Å². The van der Waals surface area contributed by atoms with Gasteiger partial charge in [-0.15, -0.1) is 0 Å². The smallest absolute Gasteiger partial charge is 0.0562 e. The number of aromatic nitrogens is 1. The first-order valence-corrected chi connectivity index (χ1v) is 19.3. The van der Waals surface area contributed by atoms with Crippen molar-refractivity contribution in [1.29, 1.82) is 0 Å². The lowest BCUT2D eigenvalue weighted by Gasteiger charge is -2.26. The first-order valence-electron chi connectivity index (χ1n) is 19.3. The Balaban J connectivity index is 1.11. The van der Waals surface area contributed by atoms with Gasteiger partial charge in [0.1, 0.15) is 0 Å². The highest BCUT2D eigenvalue weighted by atomic mass is 15.1. The van der Waals surface area contributed by atoms with Crippen LogP contribution in [0.1, 0.15) is 0 Å². The van der Waals surface area contributed by atoms with E-state index in [1.54, 1.807) is 0 Å². The molecule has 0 aliphatic carbocycles. The van der Waals surface area contributed by atoms with Gasteiger partial charge in [-0.2, -0.15) is 0 Å². The van der Waals surface area contributed by atoms with Crippen LogP contribution in [0.4, 0.5) is 17.1 Å². The third-order valence-corrected chi connectivity index (χ3v) is 11.4. The summed E-state index contributed by atoms with van der Waals surface area (Å²) in [4.78, 5) is 2.39. The molecule has 2 heterocycles. The molecular formula is C54H36N2. The Labute approximate surface area is 325 Å². The summed E-state index contributed by atoms with van der Waals surface area (Å²) in [6, 6.07) is 79.5. The fourth-order valence-corrected chi connectivity index (χ4v) is 8.74. The molecule has 2 aromatic heterocycles. The minimum atomic E-state index is 1.10. The third kappa shape index (κ3) is 5.26. The first-order chi connectivity index (χ1) is 27.8. The van der Waals surface area contributed by atoms with E-state index in [4.69, 9.17) is 0 Å². The predicted octanol–water partition coefficient (Wildman–Crippen LogP) is 15.0. The van der Waals surface area contributed by atoms with E-state index in [9.17, 15) is 0 Å². The number of pyridine rings is 1. The topological polar surface area (TPSA) is 7.65 Å². The van der Waals surface area contributed by atoms with Crippen LogP contribution in [0.15, 0.2) is 218 Å². The van der Waals surface area contributed by atoms with Gasteiger partial charge in [0.15, 0.2) is 0 Å². The lowest BCUT2D eigenvalue weighted by Crippen LogP contribution is -2.10. The molecule has 2 nitrogen and oxygen atoms in total. The Bertz CT molecular complexity index is 3100. The van der Waals surface area contributed by atoms with Crippen LogP contribution in [0.3, 0.4) is 0 Å². The molecule has 11 rings (SSSR count). The summed E-state index contributed by atoms with van der Waals surface area (Å²) >= 11 is 0. The van der Waals surface area contributed by atoms with Crippen LogP contribution in [-0.4, -0.2) is 4.40 Å². The molecule has 2 heteroatoms. The van der Waals surface area contributed by atoms with Crippen molar-refractivity contribution in [3.05, 3.63) is 218 Å². The standard InChI is InChI=1S/C54H36N2/c1-2-15-42(16-3-1)54-50-34-33-45(36-53(50)56-51-23-9-6-14-41(51)28-35-52(54)56)55(43-29-24-39(25-30-43)48-21-10-17-37-12-4-7-19-46(37)48)44-31-26-40(27-32-44)49-22-11-18-38-13-5-8-20-47(38)49/h1-36H. The van der Waals surface area contributed by atoms with Crippen molar-refractivity contribution in [3.63, 3.8) is 0 Å². The van der Waals surface area contributed by atoms with Crippen LogP contribution in [0.2, 0.25) is 0 Å². The monoisotopic (exact) mass is 712 g/mol. The van der Waals surface area contributed by atoms with Gasteiger partial charge in [0.25, 0.3) is 0 Å². The first kappa shape index (κ1) is 32.0. The van der Waals surface area contributed by atoms with E-state index in [-0.39, 0.29) is 0 Å². The van der Waals surface area contributed by atoms with Crippen molar-refractivity contribution in [2.45, 2.75) is 0 Å². The maximum atomic E-state index is 2.45. The minimum absolute atomic E-state index is 1.10. The number of hydrogen-bond acceptors (Lipinski definition) is 1. The van der Waals surface area contributed by atoms with Crippen LogP contribution in [0.5, 0.6) is 0 Å². The van der Waals surface area contributed by atoms with E-state index < -0.39 is 0 Å². The Morgan fingerprint density at radius 2 is 0.804 bits per heavy atom. The van der Waals surface area contributed by atoms with E-state index in [1.807, 2.05) is 0 Å². The van der Waals surface area contributed by atoms with Gasteiger partial charge >= 0.3 is 0 Å². The Morgan fingerprint density at radius 1 is 0.286 bits per heavy atom. The highest BCUT2D eigenvalue weighted by Crippen LogP contribution is 2.43. The molecular weight excluding hydrogens is 677 g/mol. The van der Waals surface area contributed by atoms with E-state index >= 15 is 0 Å². The molecule has 0 N–H and O–H groups in total. The highest BCUT2D eigenvalue weighted by molar-refractivity contribution is 6.10. The molecule has 0 saturated heterocycles. The van der Waals surface area contributed by atoms with Gasteiger partial charge in [0, 0.05) is 28.0 Å². The zero-order valence-electron chi connectivity index (χ0n) is 30.7. The van der Waals surface area contributed by atoms with E-state index in [1.165, 1.54) is 82.2 Å². The van der Waals surface area contributed by atoms with Gasteiger partial charge in [-0.25, -0.2) is 0 Å². The molecule has 0 fully saturated rings. The summed E-state index contributed by atoms with van der Waals surface area (Å²) in [6.45, 7) is 0. The normalized spacial score (nSPS) is 11.6. The summed E-state index contributed by atoms with van der Waals surface area (Å²) < 4.78 is 2.45. The predicted molar refractivity (Wildman–Crippen MR) is 238 cm³/mol. The summed E-state index contributed by atoms with van der Waals surface area (Å²) in [5, 5.41) is 7.46. The number of fused-ring (bicyclic) bond motifs is 7. The number of benzene rings is 9. The number of rotatable bonds is 6. The van der Waals surface area contributed by atoms with Gasteiger partial charge in [0.05, 0.1) is 16.6 Å². The van der Waals surface area contributed by atoms with Crippen molar-refractivity contribution >= 4 is 65.9 Å². The van der Waals surface area contributed by atoms with Crippen LogP contribution >= 0.6 is 0 Å². The molecule has 0 aliphatic heterocycles. The zero-order chi connectivity index (χ0) is 37.0. The van der Waals surface area contributed by atoms with Gasteiger partial charge in [-0.1, -0.05) is 170 Å². The second-order valence-corrected chi connectivity index (χ2v) is 14.5. The van der Waals surface area contributed by atoms with E-state index in [0.717, 1.165) is 17.1 Å². The van der Waals surface area contributed by atoms with Gasteiger partial charge < -0.3 is 9.30 Å². The molecule has 0 bridgehead atoms. The van der Waals surface area contributed by atoms with Crippen molar-refractivity contribution in [1.82, 2.24) is 4.40 Å². The molecule has 0 amide bonds. The lowest BCUT2D eigenvalue weighted by molar-refractivity contribution is 1.28. The van der Waals surface area contributed by atoms with Crippen LogP contribution in [0.25, 0.3) is 82.2 Å². The maximum absolute atomic E-state index is 2.45. The van der Waals surface area contributed by atoms with Crippen molar-refractivity contribution in [3.8, 4) is 33.4 Å². The van der Waals surface area contributed by atoms with Gasteiger partial charge in [-0.3, -0.25) is 0 Å². The summed E-state index contributed by atoms with van der Waals surface area (Å²) in [5.74, 6) is 0. The van der Waals surface area contributed by atoms with Crippen LogP contribution in [0, 0.1) is 0 Å². The number of anilines is 3. The second-order valence-electron chi connectivity index (χ2n) is 14.5. The van der Waals surface area contributed by atoms with E-state index in [2.05, 4.69) is 228 Å². The van der Waals surface area contributed by atoms with Crippen LogP contribution in [-0.2, 0) is 0 Å². The average Bonchev–Trinajstić information content (AvgIpc) is 3.61. The fraction of sp³-hybridized carbons (Fsp3) is 0. The summed E-state index contributed by atoms with van der Waals surface area (Å²) in [6.07, 6.45) is 0. The maximum Gasteiger partial charge on any atom is 0.0562 e. The molecule has 0 unspecified atom stereocenters. The van der Waals surface area contributed by atoms with Crippen LogP contribution < -0.4 is 4.90 Å². The van der Waals surface area contributed by atoms with Crippen molar-refractivity contribution in [2.75, 3.05) is 4.90 Å². The third-order valence-electron chi connectivity index (χ3n) is 11.4. The molecule has 11 aromatic rings. The van der Waals surface area contributed by atoms with Gasteiger partial charge in [0.2, 0.25) is 0 Å². The molecule has 0 radical (unpaired) electrons. The fourth-order valence-electron chi connectivity index (χ4n) is 8.74. The summed E-state index contributed by atoms with van der Waals surface area (Å²) in [7, 11) is 0. The average molecular weight is 713 g/mol. The molecule has 9 aromatic carbocycles. The van der Waals surface area contributed by atoms with Crippen molar-refractivity contribution in [2.24, 2.45) is 0 Å². The number of nitrogens with zero attached hydrogens (tertiary/aromatic N) is 2. The lowest BCUT2D eigenvalue weighted by atomic mass is 9.97. The SMILES string of the molecule is c1ccc(-c2c3ccc(N(c4ccc(-c5cccc6ccccc56)cc4)c4ccc(-c5cccc6ccccc56)cc4)cc3n3c2ccc2ccccc23)cc1. The quantitative estimate of drug-likeness (QED) is 0.167. The molecule has 0 atom stereocenters. The van der Waals surface area contributed by atoms with Gasteiger partial charge in [-0.05, 0) is 103 Å². The largest absolute Gasteiger partial charge is 0.310 e. The second kappa shape index (κ2) is 13.2. The molecule has 0 aliphatic rings. The Kier molecular flexibility index (Phi) is 7.53. The summed E-state index contributed by atoms with van der Waals surface area (Å²) in [5.41, 5.74) is 14.2. The molecule has 56 heavy (non-hydrogen) atoms. The number of para-hydroxylation sites is 1. The van der Waals surface area contributed by atoms with E-state index in [0.29, 0.717) is 0 Å². The minimum Gasteiger partial charge on any atom is -0.310 e. The number of hydrogen-bond donors (Lipinski definition) is 0. The Hall–Kier alpha value is -7.42. The zero-order valence-corrected chi connectivity index (χ0v) is 30.7. The Morgan fingerprint density at radius 3 is 1.43 bits per heavy atom.